The second-order valence-electron chi connectivity index (χ2n) is 9.54. The summed E-state index contributed by atoms with van der Waals surface area (Å²) in [6, 6.07) is 11.9. The van der Waals surface area contributed by atoms with E-state index in [1.165, 1.54) is 12.8 Å². The minimum absolute atomic E-state index is 0.0673. The Hall–Kier alpha value is -3.02. The first-order valence-electron chi connectivity index (χ1n) is 11.7. The van der Waals surface area contributed by atoms with Gasteiger partial charge < -0.3 is 19.2 Å². The summed E-state index contributed by atoms with van der Waals surface area (Å²) in [4.78, 5) is 29.3. The molecule has 32 heavy (non-hydrogen) atoms. The molecule has 1 aromatic carbocycles. The summed E-state index contributed by atoms with van der Waals surface area (Å²) >= 11 is 0. The molecule has 0 bridgehead atoms. The molecule has 168 valence electrons. The Morgan fingerprint density at radius 2 is 1.91 bits per heavy atom. The molecular weight excluding hydrogens is 402 g/mol. The van der Waals surface area contributed by atoms with Crippen molar-refractivity contribution in [1.82, 2.24) is 14.8 Å². The van der Waals surface area contributed by atoms with Gasteiger partial charge in [-0.3, -0.25) is 9.59 Å². The molecule has 3 heterocycles. The number of carbonyl (C=O) groups is 2. The molecule has 1 fully saturated rings. The highest BCUT2D eigenvalue weighted by Crippen LogP contribution is 2.34. The van der Waals surface area contributed by atoms with Crippen molar-refractivity contribution in [2.75, 3.05) is 0 Å². The van der Waals surface area contributed by atoms with Gasteiger partial charge >= 0.3 is 0 Å². The Balaban J connectivity index is 1.53. The first-order valence-corrected chi connectivity index (χ1v) is 11.7. The van der Waals surface area contributed by atoms with Crippen LogP contribution in [-0.2, 0) is 17.9 Å². The van der Waals surface area contributed by atoms with Gasteiger partial charge in [0, 0.05) is 24.7 Å². The normalized spacial score (nSPS) is 22.1. The van der Waals surface area contributed by atoms with Crippen LogP contribution in [-0.4, -0.2) is 32.9 Å². The molecule has 1 aliphatic carbocycles. The van der Waals surface area contributed by atoms with Gasteiger partial charge in [-0.1, -0.05) is 49.9 Å². The van der Waals surface area contributed by atoms with Crippen molar-refractivity contribution in [1.29, 1.82) is 0 Å². The lowest BCUT2D eigenvalue weighted by molar-refractivity contribution is -0.134. The fourth-order valence-corrected chi connectivity index (χ4v) is 5.24. The summed E-state index contributed by atoms with van der Waals surface area (Å²) in [6.45, 7) is 4.75. The smallest absolute Gasteiger partial charge is 0.271 e. The van der Waals surface area contributed by atoms with E-state index in [4.69, 9.17) is 4.42 Å². The Labute approximate surface area is 188 Å². The van der Waals surface area contributed by atoms with Crippen molar-refractivity contribution >= 4 is 22.9 Å². The zero-order valence-electron chi connectivity index (χ0n) is 18.9. The number of amides is 2. The highest BCUT2D eigenvalue weighted by molar-refractivity contribution is 6.02. The summed E-state index contributed by atoms with van der Waals surface area (Å²) in [5.74, 6) is -0.202. The van der Waals surface area contributed by atoms with Gasteiger partial charge in [-0.2, -0.15) is 0 Å². The quantitative estimate of drug-likeness (QED) is 0.601. The molecule has 5 rings (SSSR count). The van der Waals surface area contributed by atoms with E-state index in [2.05, 4.69) is 5.32 Å². The van der Waals surface area contributed by atoms with Crippen LogP contribution in [0.2, 0.25) is 0 Å². The molecule has 6 nitrogen and oxygen atoms in total. The third-order valence-corrected chi connectivity index (χ3v) is 7.32. The van der Waals surface area contributed by atoms with Crippen molar-refractivity contribution in [3.05, 3.63) is 59.5 Å². The van der Waals surface area contributed by atoms with E-state index in [-0.39, 0.29) is 17.9 Å². The standard InChI is InChI=1S/C26H31N3O3/c1-18-9-7-8-10-19(18)16-29-24(30)22-15-23-21(13-14-32-23)28(22)17-26(29,2)25(31)27-20-11-5-3-4-6-12-20/h7-10,13-15,20H,3-6,11-12,16-17H2,1-2H3,(H,27,31)/t26-/m0/s1. The van der Waals surface area contributed by atoms with Crippen molar-refractivity contribution in [2.45, 2.75) is 77.0 Å². The lowest BCUT2D eigenvalue weighted by Crippen LogP contribution is -2.64. The molecule has 0 unspecified atom stereocenters. The molecule has 0 radical (unpaired) electrons. The van der Waals surface area contributed by atoms with E-state index < -0.39 is 5.54 Å². The molecule has 0 saturated heterocycles. The molecular formula is C26H31N3O3. The highest BCUT2D eigenvalue weighted by atomic mass is 16.3. The van der Waals surface area contributed by atoms with E-state index in [9.17, 15) is 9.59 Å². The van der Waals surface area contributed by atoms with Gasteiger partial charge in [-0.05, 0) is 37.8 Å². The number of hydrogen-bond donors (Lipinski definition) is 1. The van der Waals surface area contributed by atoms with Crippen LogP contribution in [0.3, 0.4) is 0 Å². The van der Waals surface area contributed by atoms with Crippen LogP contribution in [0, 0.1) is 6.92 Å². The maximum absolute atomic E-state index is 13.8. The Morgan fingerprint density at radius 1 is 1.16 bits per heavy atom. The minimum atomic E-state index is -0.998. The average Bonchev–Trinajstić information content (AvgIpc) is 3.27. The molecule has 1 atom stereocenters. The minimum Gasteiger partial charge on any atom is -0.463 e. The van der Waals surface area contributed by atoms with Gasteiger partial charge in [-0.25, -0.2) is 0 Å². The molecule has 1 aliphatic heterocycles. The summed E-state index contributed by atoms with van der Waals surface area (Å²) in [7, 11) is 0. The number of hydrogen-bond acceptors (Lipinski definition) is 3. The predicted octanol–water partition coefficient (Wildman–Crippen LogP) is 4.80. The zero-order chi connectivity index (χ0) is 22.3. The number of nitrogens with zero attached hydrogens (tertiary/aromatic N) is 2. The first kappa shape index (κ1) is 20.9. The molecule has 2 aliphatic rings. The Bertz CT molecular complexity index is 1150. The summed E-state index contributed by atoms with van der Waals surface area (Å²) in [6.07, 6.45) is 8.39. The number of benzene rings is 1. The van der Waals surface area contributed by atoms with Crippen molar-refractivity contribution in [3.8, 4) is 0 Å². The number of fused-ring (bicyclic) bond motifs is 3. The predicted molar refractivity (Wildman–Crippen MR) is 123 cm³/mol. The van der Waals surface area contributed by atoms with Gasteiger partial charge in [0.15, 0.2) is 5.58 Å². The van der Waals surface area contributed by atoms with Gasteiger partial charge in [0.05, 0.1) is 18.3 Å². The van der Waals surface area contributed by atoms with Crippen molar-refractivity contribution in [2.24, 2.45) is 0 Å². The number of rotatable bonds is 4. The van der Waals surface area contributed by atoms with Crippen LogP contribution in [0.1, 0.15) is 67.1 Å². The van der Waals surface area contributed by atoms with Gasteiger partial charge in [0.2, 0.25) is 5.91 Å². The van der Waals surface area contributed by atoms with Crippen LogP contribution in [0.4, 0.5) is 0 Å². The van der Waals surface area contributed by atoms with E-state index in [0.29, 0.717) is 24.4 Å². The molecule has 0 spiro atoms. The average molecular weight is 434 g/mol. The SMILES string of the molecule is Cc1ccccc1CN1C(=O)c2cc3occc3n2C[C@@]1(C)C(=O)NC1CCCCCC1. The third-order valence-electron chi connectivity index (χ3n) is 7.32. The Kier molecular flexibility index (Phi) is 5.31. The molecule has 6 heteroatoms. The number of carbonyl (C=O) groups excluding carboxylic acids is 2. The van der Waals surface area contributed by atoms with E-state index in [1.807, 2.05) is 48.7 Å². The summed E-state index contributed by atoms with van der Waals surface area (Å²) < 4.78 is 7.51. The van der Waals surface area contributed by atoms with Crippen LogP contribution >= 0.6 is 0 Å². The molecule has 3 aromatic rings. The first-order chi connectivity index (χ1) is 15.5. The lowest BCUT2D eigenvalue weighted by Gasteiger charge is -2.44. The maximum atomic E-state index is 13.8. The zero-order valence-corrected chi connectivity index (χ0v) is 18.9. The van der Waals surface area contributed by atoms with Crippen molar-refractivity contribution in [3.63, 3.8) is 0 Å². The monoisotopic (exact) mass is 433 g/mol. The fourth-order valence-electron chi connectivity index (χ4n) is 5.24. The third kappa shape index (κ3) is 3.51. The number of aryl methyl sites for hydroxylation is 1. The Morgan fingerprint density at radius 3 is 2.66 bits per heavy atom. The number of aromatic nitrogens is 1. The second kappa shape index (κ2) is 8.15. The van der Waals surface area contributed by atoms with Gasteiger partial charge in [0.1, 0.15) is 11.2 Å². The fraction of sp³-hybridized carbons (Fsp3) is 0.462. The summed E-state index contributed by atoms with van der Waals surface area (Å²) in [5.41, 5.74) is 3.28. The maximum Gasteiger partial charge on any atom is 0.271 e. The topological polar surface area (TPSA) is 67.5 Å². The lowest BCUT2D eigenvalue weighted by atomic mass is 9.92. The van der Waals surface area contributed by atoms with Gasteiger partial charge in [-0.15, -0.1) is 0 Å². The molecule has 2 aromatic heterocycles. The number of furan rings is 1. The van der Waals surface area contributed by atoms with Crippen LogP contribution in [0.5, 0.6) is 0 Å². The van der Waals surface area contributed by atoms with E-state index in [1.54, 1.807) is 17.2 Å². The van der Waals surface area contributed by atoms with E-state index >= 15 is 0 Å². The van der Waals surface area contributed by atoms with Crippen molar-refractivity contribution < 1.29 is 14.0 Å². The van der Waals surface area contributed by atoms with E-state index in [0.717, 1.165) is 42.3 Å². The van der Waals surface area contributed by atoms with Gasteiger partial charge in [0.25, 0.3) is 5.91 Å². The molecule has 1 N–H and O–H groups in total. The molecule has 2 amide bonds. The van der Waals surface area contributed by atoms with Crippen LogP contribution in [0.25, 0.3) is 11.1 Å². The van der Waals surface area contributed by atoms with Crippen LogP contribution in [0.15, 0.2) is 47.1 Å². The largest absolute Gasteiger partial charge is 0.463 e. The van der Waals surface area contributed by atoms with Crippen LogP contribution < -0.4 is 5.32 Å². The summed E-state index contributed by atoms with van der Waals surface area (Å²) in [5, 5.41) is 3.32. The molecule has 1 saturated carbocycles. The highest BCUT2D eigenvalue weighted by Gasteiger charge is 2.48. The second-order valence-corrected chi connectivity index (χ2v) is 9.54. The number of nitrogens with one attached hydrogen (secondary N) is 1.